The number of piperidine rings is 1. The molecule has 2 aromatic rings. The highest BCUT2D eigenvalue weighted by atomic mass is 35.5. The van der Waals surface area contributed by atoms with Gasteiger partial charge in [0.2, 0.25) is 0 Å². The number of carbonyl (C=O) groups is 1. The number of carbonyl (C=O) groups excluding carboxylic acids is 1. The van der Waals surface area contributed by atoms with Crippen LogP contribution in [0.5, 0.6) is 5.75 Å². The molecule has 2 aliphatic rings. The summed E-state index contributed by atoms with van der Waals surface area (Å²) in [5.41, 5.74) is 0.443. The van der Waals surface area contributed by atoms with Gasteiger partial charge in [-0.15, -0.1) is 5.10 Å². The summed E-state index contributed by atoms with van der Waals surface area (Å²) < 4.78 is 7.77. The fourth-order valence-corrected chi connectivity index (χ4v) is 3.06. The lowest BCUT2D eigenvalue weighted by atomic mass is 10.1. The third kappa shape index (κ3) is 3.38. The van der Waals surface area contributed by atoms with Crippen LogP contribution in [0.15, 0.2) is 30.5 Å². The molecule has 0 atom stereocenters. The number of halogens is 1. The first-order chi connectivity index (χ1) is 11.7. The molecule has 7 heteroatoms. The van der Waals surface area contributed by atoms with Crippen LogP contribution in [0.2, 0.25) is 5.02 Å². The van der Waals surface area contributed by atoms with Gasteiger partial charge in [-0.2, -0.15) is 0 Å². The molecule has 1 amide bonds. The fourth-order valence-electron chi connectivity index (χ4n) is 2.94. The number of ether oxygens (including phenoxy) is 1. The molecule has 0 bridgehead atoms. The van der Waals surface area contributed by atoms with Crippen LogP contribution in [0, 0.1) is 0 Å². The number of rotatable bonds is 4. The largest absolute Gasteiger partial charge is 0.490 e. The SMILES string of the molecule is O=C(c1cn(C2CC2)nn1)N1CCC(Oc2ccc(Cl)cc2)CC1. The van der Waals surface area contributed by atoms with Crippen LogP contribution < -0.4 is 4.74 Å². The van der Waals surface area contributed by atoms with Crippen LogP contribution in [-0.4, -0.2) is 45.0 Å². The zero-order valence-corrected chi connectivity index (χ0v) is 14.0. The molecule has 1 aromatic heterocycles. The summed E-state index contributed by atoms with van der Waals surface area (Å²) in [6.07, 6.45) is 5.78. The second-order valence-electron chi connectivity index (χ2n) is 6.38. The van der Waals surface area contributed by atoms with E-state index in [1.165, 1.54) is 0 Å². The van der Waals surface area contributed by atoms with Gasteiger partial charge in [0.15, 0.2) is 5.69 Å². The van der Waals surface area contributed by atoms with Crippen molar-refractivity contribution in [3.63, 3.8) is 0 Å². The molecule has 1 aliphatic heterocycles. The summed E-state index contributed by atoms with van der Waals surface area (Å²) >= 11 is 5.88. The van der Waals surface area contributed by atoms with Crippen LogP contribution in [0.3, 0.4) is 0 Å². The average Bonchev–Trinajstić information content (AvgIpc) is 3.34. The fraction of sp³-hybridized carbons (Fsp3) is 0.471. The lowest BCUT2D eigenvalue weighted by molar-refractivity contribution is 0.0590. The van der Waals surface area contributed by atoms with Crippen molar-refractivity contribution >= 4 is 17.5 Å². The highest BCUT2D eigenvalue weighted by Crippen LogP contribution is 2.33. The van der Waals surface area contributed by atoms with Gasteiger partial charge >= 0.3 is 0 Å². The smallest absolute Gasteiger partial charge is 0.276 e. The van der Waals surface area contributed by atoms with Gasteiger partial charge in [-0.3, -0.25) is 4.79 Å². The van der Waals surface area contributed by atoms with E-state index in [4.69, 9.17) is 16.3 Å². The minimum atomic E-state index is -0.0353. The average molecular weight is 347 g/mol. The number of benzene rings is 1. The number of hydrogen-bond acceptors (Lipinski definition) is 4. The van der Waals surface area contributed by atoms with Gasteiger partial charge in [-0.25, -0.2) is 4.68 Å². The third-order valence-corrected chi connectivity index (χ3v) is 4.75. The first-order valence-electron chi connectivity index (χ1n) is 8.32. The van der Waals surface area contributed by atoms with Crippen molar-refractivity contribution in [1.29, 1.82) is 0 Å². The Morgan fingerprint density at radius 1 is 1.12 bits per heavy atom. The Hall–Kier alpha value is -2.08. The van der Waals surface area contributed by atoms with E-state index in [1.807, 2.05) is 33.8 Å². The van der Waals surface area contributed by atoms with Gasteiger partial charge in [0.1, 0.15) is 11.9 Å². The molecular formula is C17H19ClN4O2. The van der Waals surface area contributed by atoms with Crippen LogP contribution in [0.1, 0.15) is 42.2 Å². The van der Waals surface area contributed by atoms with Crippen LogP contribution >= 0.6 is 11.6 Å². The number of amides is 1. The number of nitrogens with zero attached hydrogens (tertiary/aromatic N) is 4. The highest BCUT2D eigenvalue weighted by molar-refractivity contribution is 6.30. The summed E-state index contributed by atoms with van der Waals surface area (Å²) in [4.78, 5) is 14.3. The minimum Gasteiger partial charge on any atom is -0.490 e. The van der Waals surface area contributed by atoms with Crippen molar-refractivity contribution < 1.29 is 9.53 Å². The molecule has 2 fully saturated rings. The van der Waals surface area contributed by atoms with Gasteiger partial charge in [0.05, 0.1) is 12.2 Å². The van der Waals surface area contributed by atoms with Crippen molar-refractivity contribution in [1.82, 2.24) is 19.9 Å². The first kappa shape index (κ1) is 15.4. The standard InChI is InChI=1S/C17H19ClN4O2/c18-12-1-5-14(6-2-12)24-15-7-9-21(10-8-15)17(23)16-11-22(20-19-16)13-3-4-13/h1-2,5-6,11,13,15H,3-4,7-10H2. The minimum absolute atomic E-state index is 0.0353. The molecule has 4 rings (SSSR count). The lowest BCUT2D eigenvalue weighted by Gasteiger charge is -2.31. The van der Waals surface area contributed by atoms with Crippen LogP contribution in [0.4, 0.5) is 0 Å². The van der Waals surface area contributed by atoms with E-state index >= 15 is 0 Å². The molecule has 24 heavy (non-hydrogen) atoms. The Morgan fingerprint density at radius 2 is 1.83 bits per heavy atom. The number of likely N-dealkylation sites (tertiary alicyclic amines) is 1. The number of hydrogen-bond donors (Lipinski definition) is 0. The molecular weight excluding hydrogens is 328 g/mol. The van der Waals surface area contributed by atoms with Gasteiger partial charge in [-0.1, -0.05) is 16.8 Å². The van der Waals surface area contributed by atoms with Crippen LogP contribution in [-0.2, 0) is 0 Å². The normalized spacial score (nSPS) is 18.6. The van der Waals surface area contributed by atoms with E-state index in [0.717, 1.165) is 31.4 Å². The molecule has 0 spiro atoms. The molecule has 2 heterocycles. The third-order valence-electron chi connectivity index (χ3n) is 4.50. The Bertz CT molecular complexity index is 718. The highest BCUT2D eigenvalue weighted by Gasteiger charge is 2.29. The zero-order chi connectivity index (χ0) is 16.5. The van der Waals surface area contributed by atoms with Crippen molar-refractivity contribution in [3.8, 4) is 5.75 Å². The van der Waals surface area contributed by atoms with Crippen LogP contribution in [0.25, 0.3) is 0 Å². The van der Waals surface area contributed by atoms with E-state index in [9.17, 15) is 4.79 Å². The molecule has 0 N–H and O–H groups in total. The van der Waals surface area contributed by atoms with Gasteiger partial charge < -0.3 is 9.64 Å². The summed E-state index contributed by atoms with van der Waals surface area (Å²) in [6, 6.07) is 7.82. The maximum absolute atomic E-state index is 12.5. The maximum atomic E-state index is 12.5. The molecule has 0 unspecified atom stereocenters. The Morgan fingerprint density at radius 3 is 2.50 bits per heavy atom. The summed E-state index contributed by atoms with van der Waals surface area (Å²) in [7, 11) is 0. The van der Waals surface area contributed by atoms with Gasteiger partial charge in [-0.05, 0) is 37.1 Å². The summed E-state index contributed by atoms with van der Waals surface area (Å²) in [5, 5.41) is 8.78. The molecule has 126 valence electrons. The summed E-state index contributed by atoms with van der Waals surface area (Å²) in [6.45, 7) is 1.35. The van der Waals surface area contributed by atoms with E-state index in [2.05, 4.69) is 10.3 Å². The molecule has 6 nitrogen and oxygen atoms in total. The molecule has 1 saturated carbocycles. The summed E-state index contributed by atoms with van der Waals surface area (Å²) in [5.74, 6) is 0.781. The zero-order valence-electron chi connectivity index (χ0n) is 13.3. The Labute approximate surface area is 145 Å². The van der Waals surface area contributed by atoms with E-state index in [-0.39, 0.29) is 12.0 Å². The predicted octanol–water partition coefficient (Wildman–Crippen LogP) is 2.95. The topological polar surface area (TPSA) is 60.2 Å². The quantitative estimate of drug-likeness (QED) is 0.854. The monoisotopic (exact) mass is 346 g/mol. The van der Waals surface area contributed by atoms with Crippen molar-refractivity contribution in [2.24, 2.45) is 0 Å². The van der Waals surface area contributed by atoms with Crippen molar-refractivity contribution in [2.75, 3.05) is 13.1 Å². The molecule has 1 aliphatic carbocycles. The molecule has 0 radical (unpaired) electrons. The second kappa shape index (κ2) is 6.43. The second-order valence-corrected chi connectivity index (χ2v) is 6.81. The van der Waals surface area contributed by atoms with Crippen molar-refractivity contribution in [3.05, 3.63) is 41.2 Å². The lowest BCUT2D eigenvalue weighted by Crippen LogP contribution is -2.41. The van der Waals surface area contributed by atoms with E-state index in [0.29, 0.717) is 29.8 Å². The molecule has 1 saturated heterocycles. The number of aromatic nitrogens is 3. The Kier molecular flexibility index (Phi) is 4.14. The van der Waals surface area contributed by atoms with Gasteiger partial charge in [0.25, 0.3) is 5.91 Å². The maximum Gasteiger partial charge on any atom is 0.276 e. The van der Waals surface area contributed by atoms with E-state index < -0.39 is 0 Å². The van der Waals surface area contributed by atoms with Crippen molar-refractivity contribution in [2.45, 2.75) is 37.8 Å². The first-order valence-corrected chi connectivity index (χ1v) is 8.70. The molecule has 1 aromatic carbocycles. The Balaban J connectivity index is 1.31. The van der Waals surface area contributed by atoms with E-state index in [1.54, 1.807) is 6.20 Å². The van der Waals surface area contributed by atoms with Gasteiger partial charge in [0, 0.05) is 31.0 Å². The predicted molar refractivity (Wildman–Crippen MR) is 89.3 cm³/mol.